The van der Waals surface area contributed by atoms with Crippen molar-refractivity contribution in [1.82, 2.24) is 5.43 Å². The van der Waals surface area contributed by atoms with Crippen LogP contribution in [0.3, 0.4) is 0 Å². The van der Waals surface area contributed by atoms with Crippen molar-refractivity contribution in [2.45, 2.75) is 20.3 Å². The molecule has 29 heavy (non-hydrogen) atoms. The van der Waals surface area contributed by atoms with Crippen molar-refractivity contribution >= 4 is 28.6 Å². The number of rotatable bonds is 6. The summed E-state index contributed by atoms with van der Waals surface area (Å²) in [5.41, 5.74) is 12.2. The quantitative estimate of drug-likeness (QED) is 0.410. The van der Waals surface area contributed by atoms with Crippen LogP contribution in [0.25, 0.3) is 10.4 Å². The minimum atomic E-state index is -0.384. The molecule has 0 spiro atoms. The maximum atomic E-state index is 12.6. The monoisotopic (exact) mass is 409 g/mol. The van der Waals surface area contributed by atoms with Crippen LogP contribution in [-0.2, 0) is 0 Å². The van der Waals surface area contributed by atoms with Gasteiger partial charge in [0.2, 0.25) is 0 Å². The summed E-state index contributed by atoms with van der Waals surface area (Å²) in [6.07, 6.45) is 0.550. The third-order valence-corrected chi connectivity index (χ3v) is 5.63. The Bertz CT molecular complexity index is 1060. The second kappa shape index (κ2) is 8.79. The van der Waals surface area contributed by atoms with Crippen LogP contribution in [0.5, 0.6) is 11.5 Å². The fourth-order valence-electron chi connectivity index (χ4n) is 2.86. The lowest BCUT2D eigenvalue weighted by atomic mass is 10.0. The lowest BCUT2D eigenvalue weighted by molar-refractivity contribution is 0.0959. The lowest BCUT2D eigenvalue weighted by Gasteiger charge is -2.08. The molecule has 1 aromatic heterocycles. The molecule has 0 aliphatic heterocycles. The van der Waals surface area contributed by atoms with E-state index in [-0.39, 0.29) is 11.7 Å². The standard InChI is InChI=1S/C22H23N3O3S/c1-4-18(16-11-13(2)5-10-19(16)26)24-25-22(27)21-17(23)12-20(29-21)14-6-8-15(28-3)9-7-14/h5-12,26H,4,23H2,1-3H3,(H,25,27)/b24-18+. The summed E-state index contributed by atoms with van der Waals surface area (Å²) in [5.74, 6) is 0.505. The maximum absolute atomic E-state index is 12.6. The molecule has 0 unspecified atom stereocenters. The van der Waals surface area contributed by atoms with Gasteiger partial charge in [-0.3, -0.25) is 4.79 Å². The van der Waals surface area contributed by atoms with Crippen molar-refractivity contribution in [3.05, 3.63) is 64.5 Å². The minimum absolute atomic E-state index is 0.128. The molecule has 150 valence electrons. The summed E-state index contributed by atoms with van der Waals surface area (Å²) in [7, 11) is 1.61. The molecule has 0 aliphatic rings. The van der Waals surface area contributed by atoms with Crippen molar-refractivity contribution < 1.29 is 14.6 Å². The Hall–Kier alpha value is -3.32. The number of hydrogen-bond donors (Lipinski definition) is 3. The van der Waals surface area contributed by atoms with Gasteiger partial charge in [-0.15, -0.1) is 11.3 Å². The highest BCUT2D eigenvalue weighted by Gasteiger charge is 2.16. The van der Waals surface area contributed by atoms with Gasteiger partial charge in [0.1, 0.15) is 16.4 Å². The van der Waals surface area contributed by atoms with Gasteiger partial charge < -0.3 is 15.6 Å². The second-order valence-corrected chi connectivity index (χ2v) is 7.55. The molecule has 3 rings (SSSR count). The van der Waals surface area contributed by atoms with Crippen LogP contribution < -0.4 is 15.9 Å². The number of nitrogens with one attached hydrogen (secondary N) is 1. The first kappa shape index (κ1) is 20.4. The van der Waals surface area contributed by atoms with Gasteiger partial charge >= 0.3 is 0 Å². The van der Waals surface area contributed by atoms with Crippen molar-refractivity contribution in [2.75, 3.05) is 12.8 Å². The van der Waals surface area contributed by atoms with E-state index in [9.17, 15) is 9.90 Å². The molecular weight excluding hydrogens is 386 g/mol. The van der Waals surface area contributed by atoms with Crippen LogP contribution in [0, 0.1) is 6.92 Å². The largest absolute Gasteiger partial charge is 0.507 e. The van der Waals surface area contributed by atoms with Crippen LogP contribution in [0.2, 0.25) is 0 Å². The number of aromatic hydroxyl groups is 1. The van der Waals surface area contributed by atoms with E-state index < -0.39 is 0 Å². The van der Waals surface area contributed by atoms with Crippen LogP contribution in [0.1, 0.15) is 34.1 Å². The zero-order valence-electron chi connectivity index (χ0n) is 16.5. The smallest absolute Gasteiger partial charge is 0.283 e. The number of nitrogens with two attached hydrogens (primary N) is 1. The zero-order chi connectivity index (χ0) is 21.0. The van der Waals surface area contributed by atoms with Crippen molar-refractivity contribution in [3.63, 3.8) is 0 Å². The van der Waals surface area contributed by atoms with Crippen LogP contribution in [-0.4, -0.2) is 23.8 Å². The Morgan fingerprint density at radius 1 is 1.21 bits per heavy atom. The summed E-state index contributed by atoms with van der Waals surface area (Å²) >= 11 is 1.30. The summed E-state index contributed by atoms with van der Waals surface area (Å²) in [6, 6.07) is 14.6. The van der Waals surface area contributed by atoms with E-state index in [1.807, 2.05) is 50.2 Å². The Kier molecular flexibility index (Phi) is 6.19. The first-order chi connectivity index (χ1) is 13.9. The molecular formula is C22H23N3O3S. The molecule has 0 aliphatic carbocycles. The van der Waals surface area contributed by atoms with E-state index in [1.165, 1.54) is 11.3 Å². The predicted molar refractivity (Wildman–Crippen MR) is 118 cm³/mol. The fraction of sp³-hybridized carbons (Fsp3) is 0.182. The van der Waals surface area contributed by atoms with Gasteiger partial charge in [0.25, 0.3) is 5.91 Å². The highest BCUT2D eigenvalue weighted by Crippen LogP contribution is 2.34. The minimum Gasteiger partial charge on any atom is -0.507 e. The molecule has 0 bridgehead atoms. The fourth-order valence-corrected chi connectivity index (χ4v) is 3.83. The first-order valence-corrected chi connectivity index (χ1v) is 9.95. The molecule has 0 radical (unpaired) electrons. The van der Waals surface area contributed by atoms with Crippen molar-refractivity contribution in [1.29, 1.82) is 0 Å². The number of amides is 1. The van der Waals surface area contributed by atoms with Crippen molar-refractivity contribution in [3.8, 4) is 21.9 Å². The first-order valence-electron chi connectivity index (χ1n) is 9.13. The average Bonchev–Trinajstić information content (AvgIpc) is 3.12. The molecule has 2 aromatic carbocycles. The highest BCUT2D eigenvalue weighted by molar-refractivity contribution is 7.18. The summed E-state index contributed by atoms with van der Waals surface area (Å²) in [5, 5.41) is 14.3. The third-order valence-electron chi connectivity index (χ3n) is 4.43. The van der Waals surface area contributed by atoms with E-state index in [0.717, 1.165) is 21.8 Å². The third kappa shape index (κ3) is 4.57. The van der Waals surface area contributed by atoms with Crippen LogP contribution in [0.4, 0.5) is 5.69 Å². The Balaban J connectivity index is 1.82. The number of anilines is 1. The van der Waals surface area contributed by atoms with Gasteiger partial charge in [-0.25, -0.2) is 5.43 Å². The number of phenolic OH excluding ortho intramolecular Hbond substituents is 1. The molecule has 3 aromatic rings. The lowest BCUT2D eigenvalue weighted by Crippen LogP contribution is -2.20. The molecule has 0 saturated heterocycles. The number of carbonyl (C=O) groups is 1. The number of ether oxygens (including phenoxy) is 1. The number of benzene rings is 2. The Morgan fingerprint density at radius 3 is 2.59 bits per heavy atom. The van der Waals surface area contributed by atoms with Crippen molar-refractivity contribution in [2.24, 2.45) is 5.10 Å². The number of phenols is 1. The number of hydrazone groups is 1. The number of carbonyl (C=O) groups excluding carboxylic acids is 1. The number of thiophene rings is 1. The van der Waals surface area contributed by atoms with E-state index in [2.05, 4.69) is 10.5 Å². The molecule has 0 atom stereocenters. The van der Waals surface area contributed by atoms with Crippen LogP contribution >= 0.6 is 11.3 Å². The molecule has 1 heterocycles. The molecule has 4 N–H and O–H groups in total. The molecule has 7 heteroatoms. The van der Waals surface area contributed by atoms with E-state index in [4.69, 9.17) is 10.5 Å². The predicted octanol–water partition coefficient (Wildman–Crippen LogP) is 4.56. The van der Waals surface area contributed by atoms with E-state index >= 15 is 0 Å². The highest BCUT2D eigenvalue weighted by atomic mass is 32.1. The summed E-state index contributed by atoms with van der Waals surface area (Å²) < 4.78 is 5.17. The van der Waals surface area contributed by atoms with Gasteiger partial charge in [0.15, 0.2) is 0 Å². The normalized spacial score (nSPS) is 11.3. The maximum Gasteiger partial charge on any atom is 0.283 e. The number of nitrogens with zero attached hydrogens (tertiary/aromatic N) is 1. The van der Waals surface area contributed by atoms with E-state index in [1.54, 1.807) is 19.2 Å². The molecule has 0 saturated carbocycles. The SMILES string of the molecule is CC/C(=N\NC(=O)c1sc(-c2ccc(OC)cc2)cc1N)c1cc(C)ccc1O. The summed E-state index contributed by atoms with van der Waals surface area (Å²) in [4.78, 5) is 13.9. The Labute approximate surface area is 173 Å². The van der Waals surface area contributed by atoms with Gasteiger partial charge in [-0.05, 0) is 61.4 Å². The Morgan fingerprint density at radius 2 is 1.93 bits per heavy atom. The number of nitrogen functional groups attached to an aromatic ring is 1. The topological polar surface area (TPSA) is 96.9 Å². The molecule has 6 nitrogen and oxygen atoms in total. The van der Waals surface area contributed by atoms with E-state index in [0.29, 0.717) is 28.3 Å². The van der Waals surface area contributed by atoms with Gasteiger partial charge in [0, 0.05) is 10.4 Å². The number of methoxy groups -OCH3 is 1. The molecule has 0 fully saturated rings. The number of hydrogen-bond acceptors (Lipinski definition) is 6. The van der Waals surface area contributed by atoms with Gasteiger partial charge in [0.05, 0.1) is 18.5 Å². The zero-order valence-corrected chi connectivity index (χ0v) is 17.3. The van der Waals surface area contributed by atoms with Gasteiger partial charge in [-0.1, -0.05) is 18.6 Å². The second-order valence-electron chi connectivity index (χ2n) is 6.50. The number of aryl methyl sites for hydroxylation is 1. The molecule has 1 amide bonds. The average molecular weight is 410 g/mol. The summed E-state index contributed by atoms with van der Waals surface area (Å²) in [6.45, 7) is 3.84. The van der Waals surface area contributed by atoms with Crippen LogP contribution in [0.15, 0.2) is 53.6 Å². The van der Waals surface area contributed by atoms with Gasteiger partial charge in [-0.2, -0.15) is 5.10 Å².